The summed E-state index contributed by atoms with van der Waals surface area (Å²) in [6.45, 7) is 0. The second-order valence-electron chi connectivity index (χ2n) is 5.26. The minimum absolute atomic E-state index is 0.796. The third kappa shape index (κ3) is 3.59. The first-order valence-corrected chi connectivity index (χ1v) is 7.69. The molecule has 0 fully saturated rings. The standard InChI is InChI=1S/C22H18O2/c1-23-20-12-10-18(11-13-20)22-15-14-21(24-2)16-19(22)9-8-17-6-4-3-5-7-17/h3-7,10-16H,1-2H3. The Bertz CT molecular complexity index is 869. The molecule has 0 spiro atoms. The van der Waals surface area contributed by atoms with E-state index in [4.69, 9.17) is 9.47 Å². The summed E-state index contributed by atoms with van der Waals surface area (Å²) in [4.78, 5) is 0. The topological polar surface area (TPSA) is 18.5 Å². The largest absolute Gasteiger partial charge is 0.497 e. The predicted octanol–water partition coefficient (Wildman–Crippen LogP) is 4.77. The molecule has 0 N–H and O–H groups in total. The van der Waals surface area contributed by atoms with E-state index in [-0.39, 0.29) is 0 Å². The van der Waals surface area contributed by atoms with Crippen LogP contribution in [-0.4, -0.2) is 14.2 Å². The molecule has 0 atom stereocenters. The Morgan fingerprint density at radius 2 is 1.33 bits per heavy atom. The van der Waals surface area contributed by atoms with Crippen molar-refractivity contribution in [2.24, 2.45) is 0 Å². The molecule has 3 rings (SSSR count). The fourth-order valence-corrected chi connectivity index (χ4v) is 2.44. The van der Waals surface area contributed by atoms with Gasteiger partial charge in [-0.15, -0.1) is 0 Å². The summed E-state index contributed by atoms with van der Waals surface area (Å²) in [5.74, 6) is 8.12. The first kappa shape index (κ1) is 15.7. The molecular formula is C22H18O2. The molecule has 0 heterocycles. The van der Waals surface area contributed by atoms with E-state index in [1.807, 2.05) is 72.8 Å². The van der Waals surface area contributed by atoms with Gasteiger partial charge in [0.1, 0.15) is 11.5 Å². The number of hydrogen-bond donors (Lipinski definition) is 0. The van der Waals surface area contributed by atoms with Crippen molar-refractivity contribution in [3.63, 3.8) is 0 Å². The van der Waals surface area contributed by atoms with E-state index in [0.29, 0.717) is 0 Å². The SMILES string of the molecule is COc1ccc(-c2ccc(OC)cc2C#Cc2ccccc2)cc1. The highest BCUT2D eigenvalue weighted by molar-refractivity contribution is 5.73. The predicted molar refractivity (Wildman–Crippen MR) is 97.4 cm³/mol. The third-order valence-electron chi connectivity index (χ3n) is 3.74. The Balaban J connectivity index is 2.04. The summed E-state index contributed by atoms with van der Waals surface area (Å²) >= 11 is 0. The van der Waals surface area contributed by atoms with Gasteiger partial charge in [0.2, 0.25) is 0 Å². The maximum absolute atomic E-state index is 5.35. The maximum atomic E-state index is 5.35. The molecule has 0 aliphatic carbocycles. The van der Waals surface area contributed by atoms with Gasteiger partial charge in [-0.05, 0) is 53.6 Å². The Hall–Kier alpha value is -3.18. The van der Waals surface area contributed by atoms with Gasteiger partial charge < -0.3 is 9.47 Å². The van der Waals surface area contributed by atoms with Crippen LogP contribution in [0.25, 0.3) is 11.1 Å². The van der Waals surface area contributed by atoms with Crippen molar-refractivity contribution in [2.75, 3.05) is 14.2 Å². The Morgan fingerprint density at radius 3 is 2.00 bits per heavy atom. The van der Waals surface area contributed by atoms with Crippen LogP contribution in [0.1, 0.15) is 11.1 Å². The molecule has 0 saturated carbocycles. The quantitative estimate of drug-likeness (QED) is 0.648. The summed E-state index contributed by atoms with van der Waals surface area (Å²) in [5, 5.41) is 0. The molecular weight excluding hydrogens is 296 g/mol. The van der Waals surface area contributed by atoms with Gasteiger partial charge in [0, 0.05) is 11.1 Å². The maximum Gasteiger partial charge on any atom is 0.120 e. The molecule has 3 aromatic rings. The van der Waals surface area contributed by atoms with Crippen LogP contribution in [0.4, 0.5) is 0 Å². The first-order chi connectivity index (χ1) is 11.8. The van der Waals surface area contributed by atoms with Gasteiger partial charge in [0.05, 0.1) is 14.2 Å². The highest BCUT2D eigenvalue weighted by atomic mass is 16.5. The second-order valence-corrected chi connectivity index (χ2v) is 5.26. The van der Waals surface area contributed by atoms with Gasteiger partial charge >= 0.3 is 0 Å². The minimum atomic E-state index is 0.796. The van der Waals surface area contributed by atoms with Crippen LogP contribution in [0.3, 0.4) is 0 Å². The molecule has 3 aromatic carbocycles. The zero-order valence-corrected chi connectivity index (χ0v) is 13.7. The molecule has 0 aliphatic rings. The van der Waals surface area contributed by atoms with Crippen molar-refractivity contribution >= 4 is 0 Å². The number of hydrogen-bond acceptors (Lipinski definition) is 2. The molecule has 2 nitrogen and oxygen atoms in total. The lowest BCUT2D eigenvalue weighted by molar-refractivity contribution is 0.414. The molecule has 0 amide bonds. The highest BCUT2D eigenvalue weighted by Crippen LogP contribution is 2.28. The molecule has 0 radical (unpaired) electrons. The van der Waals surface area contributed by atoms with E-state index >= 15 is 0 Å². The second kappa shape index (κ2) is 7.39. The van der Waals surface area contributed by atoms with Crippen LogP contribution in [0.2, 0.25) is 0 Å². The van der Waals surface area contributed by atoms with Gasteiger partial charge in [-0.1, -0.05) is 42.2 Å². The highest BCUT2D eigenvalue weighted by Gasteiger charge is 2.06. The first-order valence-electron chi connectivity index (χ1n) is 7.69. The van der Waals surface area contributed by atoms with Crippen LogP contribution in [0, 0.1) is 11.8 Å². The lowest BCUT2D eigenvalue weighted by atomic mass is 9.99. The van der Waals surface area contributed by atoms with Crippen LogP contribution in [-0.2, 0) is 0 Å². The smallest absolute Gasteiger partial charge is 0.120 e. The van der Waals surface area contributed by atoms with E-state index in [1.165, 1.54) is 0 Å². The van der Waals surface area contributed by atoms with Crippen LogP contribution in [0.5, 0.6) is 11.5 Å². The fraction of sp³-hybridized carbons (Fsp3) is 0.0909. The van der Waals surface area contributed by atoms with E-state index < -0.39 is 0 Å². The van der Waals surface area contributed by atoms with Gasteiger partial charge in [-0.3, -0.25) is 0 Å². The van der Waals surface area contributed by atoms with Gasteiger partial charge in [-0.25, -0.2) is 0 Å². The van der Waals surface area contributed by atoms with Crippen molar-refractivity contribution in [3.8, 4) is 34.5 Å². The summed E-state index contributed by atoms with van der Waals surface area (Å²) < 4.78 is 10.6. The van der Waals surface area contributed by atoms with Gasteiger partial charge in [0.15, 0.2) is 0 Å². The van der Waals surface area contributed by atoms with Crippen molar-refractivity contribution in [2.45, 2.75) is 0 Å². The summed E-state index contributed by atoms with van der Waals surface area (Å²) in [6, 6.07) is 23.9. The number of rotatable bonds is 3. The molecule has 0 aliphatic heterocycles. The van der Waals surface area contributed by atoms with Crippen molar-refractivity contribution in [1.29, 1.82) is 0 Å². The monoisotopic (exact) mass is 314 g/mol. The van der Waals surface area contributed by atoms with E-state index in [1.54, 1.807) is 14.2 Å². The number of benzene rings is 3. The van der Waals surface area contributed by atoms with Crippen molar-refractivity contribution in [1.82, 2.24) is 0 Å². The number of ether oxygens (including phenoxy) is 2. The fourth-order valence-electron chi connectivity index (χ4n) is 2.44. The number of methoxy groups -OCH3 is 2. The lowest BCUT2D eigenvalue weighted by Gasteiger charge is -2.08. The normalized spacial score (nSPS) is 9.75. The molecule has 2 heteroatoms. The van der Waals surface area contributed by atoms with E-state index in [2.05, 4.69) is 11.8 Å². The van der Waals surface area contributed by atoms with Crippen LogP contribution < -0.4 is 9.47 Å². The Kier molecular flexibility index (Phi) is 4.84. The summed E-state index contributed by atoms with van der Waals surface area (Å²) in [5.41, 5.74) is 4.09. The molecule has 118 valence electrons. The van der Waals surface area contributed by atoms with Crippen LogP contribution in [0.15, 0.2) is 72.8 Å². The molecule has 0 aromatic heterocycles. The van der Waals surface area contributed by atoms with Crippen LogP contribution >= 0.6 is 0 Å². The Morgan fingerprint density at radius 1 is 0.667 bits per heavy atom. The molecule has 24 heavy (non-hydrogen) atoms. The minimum Gasteiger partial charge on any atom is -0.497 e. The third-order valence-corrected chi connectivity index (χ3v) is 3.74. The molecule has 0 saturated heterocycles. The van der Waals surface area contributed by atoms with Crippen molar-refractivity contribution in [3.05, 3.63) is 83.9 Å². The average molecular weight is 314 g/mol. The van der Waals surface area contributed by atoms with Gasteiger partial charge in [-0.2, -0.15) is 0 Å². The zero-order valence-electron chi connectivity index (χ0n) is 13.7. The summed E-state index contributed by atoms with van der Waals surface area (Å²) in [6.07, 6.45) is 0. The summed E-state index contributed by atoms with van der Waals surface area (Å²) in [7, 11) is 3.33. The molecule has 0 unspecified atom stereocenters. The van der Waals surface area contributed by atoms with E-state index in [9.17, 15) is 0 Å². The Labute approximate surface area is 142 Å². The average Bonchev–Trinajstić information content (AvgIpc) is 2.67. The zero-order chi connectivity index (χ0) is 16.8. The lowest BCUT2D eigenvalue weighted by Crippen LogP contribution is -1.89. The van der Waals surface area contributed by atoms with Crippen molar-refractivity contribution < 1.29 is 9.47 Å². The van der Waals surface area contributed by atoms with E-state index in [0.717, 1.165) is 33.8 Å². The van der Waals surface area contributed by atoms with Gasteiger partial charge in [0.25, 0.3) is 0 Å². The molecule has 0 bridgehead atoms.